The zero-order chi connectivity index (χ0) is 21.6. The molecule has 0 saturated carbocycles. The first-order valence-corrected chi connectivity index (χ1v) is 10.5. The van der Waals surface area contributed by atoms with E-state index in [1.54, 1.807) is 12.1 Å². The Hall–Kier alpha value is -2.81. The number of benzene rings is 2. The summed E-state index contributed by atoms with van der Waals surface area (Å²) in [6, 6.07) is 15.6. The van der Waals surface area contributed by atoms with Crippen molar-refractivity contribution in [1.82, 2.24) is 19.9 Å². The Labute approximate surface area is 181 Å². The van der Waals surface area contributed by atoms with Crippen LogP contribution in [0.4, 0.5) is 4.39 Å². The van der Waals surface area contributed by atoms with E-state index in [0.29, 0.717) is 24.0 Å². The van der Waals surface area contributed by atoms with Crippen LogP contribution in [0.15, 0.2) is 59.1 Å². The highest BCUT2D eigenvalue weighted by molar-refractivity contribution is 5.53. The molecule has 1 aliphatic rings. The fourth-order valence-electron chi connectivity index (χ4n) is 3.67. The summed E-state index contributed by atoms with van der Waals surface area (Å²) in [7, 11) is 0. The van der Waals surface area contributed by atoms with Gasteiger partial charge < -0.3 is 14.4 Å². The number of ether oxygens (including phenoxy) is 1. The summed E-state index contributed by atoms with van der Waals surface area (Å²) in [6.45, 7) is 6.12. The largest absolute Gasteiger partial charge is 0.491 e. The van der Waals surface area contributed by atoms with E-state index in [1.807, 2.05) is 30.3 Å². The molecule has 1 saturated heterocycles. The smallest absolute Gasteiger partial charge is 0.244 e. The highest BCUT2D eigenvalue weighted by Gasteiger charge is 2.26. The summed E-state index contributed by atoms with van der Waals surface area (Å²) >= 11 is 0. The van der Waals surface area contributed by atoms with Gasteiger partial charge in [-0.25, -0.2) is 4.39 Å². The van der Waals surface area contributed by atoms with E-state index in [9.17, 15) is 9.50 Å². The predicted octanol–water partition coefficient (Wildman–Crippen LogP) is 2.99. The van der Waals surface area contributed by atoms with Gasteiger partial charge in [-0.3, -0.25) is 9.80 Å². The zero-order valence-electron chi connectivity index (χ0n) is 17.5. The molecule has 1 aliphatic heterocycles. The Morgan fingerprint density at radius 3 is 2.48 bits per heavy atom. The zero-order valence-corrected chi connectivity index (χ0v) is 17.5. The lowest BCUT2D eigenvalue weighted by Crippen LogP contribution is -2.49. The molecule has 0 amide bonds. The molecule has 0 spiro atoms. The van der Waals surface area contributed by atoms with Gasteiger partial charge in [0.15, 0.2) is 0 Å². The van der Waals surface area contributed by atoms with Crippen LogP contribution in [-0.4, -0.2) is 70.5 Å². The second kappa shape index (κ2) is 10.00. The topological polar surface area (TPSA) is 74.9 Å². The van der Waals surface area contributed by atoms with Crippen LogP contribution in [0, 0.1) is 5.82 Å². The Bertz CT molecular complexity index is 943. The molecule has 1 fully saturated rings. The highest BCUT2D eigenvalue weighted by atomic mass is 19.1. The van der Waals surface area contributed by atoms with Gasteiger partial charge in [0.05, 0.1) is 6.04 Å². The van der Waals surface area contributed by atoms with Gasteiger partial charge in [-0.2, -0.15) is 4.98 Å². The molecule has 0 radical (unpaired) electrons. The fraction of sp³-hybridized carbons (Fsp3) is 0.391. The van der Waals surface area contributed by atoms with Crippen molar-refractivity contribution in [3.8, 4) is 17.1 Å². The second-order valence-electron chi connectivity index (χ2n) is 7.75. The molecule has 1 N–H and O–H groups in total. The number of halogens is 1. The number of hydrogen-bond donors (Lipinski definition) is 1. The summed E-state index contributed by atoms with van der Waals surface area (Å²) in [6.07, 6.45) is -0.613. The first-order valence-electron chi connectivity index (χ1n) is 10.5. The SMILES string of the molecule is CC(c1nc(-c2ccccc2)no1)N1CCN(CC(O)COc2ccc(F)cc2)CC1. The predicted molar refractivity (Wildman–Crippen MR) is 114 cm³/mol. The van der Waals surface area contributed by atoms with Crippen molar-refractivity contribution in [2.45, 2.75) is 19.1 Å². The van der Waals surface area contributed by atoms with Gasteiger partial charge in [0.2, 0.25) is 11.7 Å². The van der Waals surface area contributed by atoms with Crippen LogP contribution in [0.5, 0.6) is 5.75 Å². The average molecular weight is 426 g/mol. The van der Waals surface area contributed by atoms with Crippen LogP contribution in [0.25, 0.3) is 11.4 Å². The molecule has 3 aromatic rings. The number of rotatable bonds is 8. The first-order chi connectivity index (χ1) is 15.1. The molecule has 164 valence electrons. The Kier molecular flexibility index (Phi) is 6.91. The van der Waals surface area contributed by atoms with Crippen LogP contribution in [-0.2, 0) is 0 Å². The first kappa shape index (κ1) is 21.4. The third kappa shape index (κ3) is 5.66. The standard InChI is InChI=1S/C23H27FN4O3/c1-17(23-25-22(26-31-23)18-5-3-2-4-6-18)28-13-11-27(12-14-28)15-20(29)16-30-21-9-7-19(24)8-10-21/h2-10,17,20,29H,11-16H2,1H3. The highest BCUT2D eigenvalue weighted by Crippen LogP contribution is 2.23. The van der Waals surface area contributed by atoms with Crippen molar-refractivity contribution in [2.24, 2.45) is 0 Å². The quantitative estimate of drug-likeness (QED) is 0.594. The number of aliphatic hydroxyl groups is 1. The van der Waals surface area contributed by atoms with Gasteiger partial charge in [-0.05, 0) is 31.2 Å². The molecule has 0 aliphatic carbocycles. The third-order valence-corrected chi connectivity index (χ3v) is 5.51. The molecule has 8 heteroatoms. The van der Waals surface area contributed by atoms with E-state index >= 15 is 0 Å². The number of hydrogen-bond acceptors (Lipinski definition) is 7. The van der Waals surface area contributed by atoms with E-state index in [1.165, 1.54) is 12.1 Å². The van der Waals surface area contributed by atoms with E-state index in [4.69, 9.17) is 9.26 Å². The molecule has 4 rings (SSSR count). The maximum atomic E-state index is 12.9. The monoisotopic (exact) mass is 426 g/mol. The summed E-state index contributed by atoms with van der Waals surface area (Å²) in [5, 5.41) is 14.4. The summed E-state index contributed by atoms with van der Waals surface area (Å²) < 4.78 is 24.0. The lowest BCUT2D eigenvalue weighted by atomic mass is 10.2. The third-order valence-electron chi connectivity index (χ3n) is 5.51. The van der Waals surface area contributed by atoms with Crippen molar-refractivity contribution >= 4 is 0 Å². The van der Waals surface area contributed by atoms with Gasteiger partial charge in [0.25, 0.3) is 0 Å². The van der Waals surface area contributed by atoms with Crippen LogP contribution >= 0.6 is 0 Å². The number of β-amino-alcohol motifs (C(OH)–C–C–N with tert-alkyl or cyclic N) is 1. The number of aromatic nitrogens is 2. The van der Waals surface area contributed by atoms with E-state index in [0.717, 1.165) is 31.7 Å². The van der Waals surface area contributed by atoms with Crippen molar-refractivity contribution < 1.29 is 18.8 Å². The van der Waals surface area contributed by atoms with E-state index in [2.05, 4.69) is 26.9 Å². The number of nitrogens with zero attached hydrogens (tertiary/aromatic N) is 4. The lowest BCUT2D eigenvalue weighted by Gasteiger charge is -2.37. The molecular formula is C23H27FN4O3. The summed E-state index contributed by atoms with van der Waals surface area (Å²) in [5.41, 5.74) is 0.936. The van der Waals surface area contributed by atoms with Gasteiger partial charge in [0.1, 0.15) is 24.3 Å². The Balaban J connectivity index is 1.23. The lowest BCUT2D eigenvalue weighted by molar-refractivity contribution is 0.0343. The molecule has 2 unspecified atom stereocenters. The van der Waals surface area contributed by atoms with Crippen molar-refractivity contribution in [1.29, 1.82) is 0 Å². The number of piperazine rings is 1. The molecule has 7 nitrogen and oxygen atoms in total. The van der Waals surface area contributed by atoms with Crippen molar-refractivity contribution in [3.05, 3.63) is 66.3 Å². The molecule has 2 heterocycles. The normalized spacial score (nSPS) is 17.4. The molecule has 1 aromatic heterocycles. The van der Waals surface area contributed by atoms with Crippen LogP contribution in [0.1, 0.15) is 18.9 Å². The van der Waals surface area contributed by atoms with Crippen LogP contribution in [0.3, 0.4) is 0 Å². The van der Waals surface area contributed by atoms with Crippen molar-refractivity contribution in [2.75, 3.05) is 39.3 Å². The molecule has 31 heavy (non-hydrogen) atoms. The minimum absolute atomic E-state index is 0.0267. The number of aliphatic hydroxyl groups excluding tert-OH is 1. The van der Waals surface area contributed by atoms with Gasteiger partial charge >= 0.3 is 0 Å². The fourth-order valence-corrected chi connectivity index (χ4v) is 3.67. The molecular weight excluding hydrogens is 399 g/mol. The van der Waals surface area contributed by atoms with E-state index in [-0.39, 0.29) is 18.5 Å². The Morgan fingerprint density at radius 1 is 1.06 bits per heavy atom. The molecule has 2 atom stereocenters. The summed E-state index contributed by atoms with van der Waals surface area (Å²) in [5.74, 6) is 1.45. The van der Waals surface area contributed by atoms with Crippen LogP contribution < -0.4 is 4.74 Å². The van der Waals surface area contributed by atoms with Crippen LogP contribution in [0.2, 0.25) is 0 Å². The molecule has 0 bridgehead atoms. The van der Waals surface area contributed by atoms with E-state index < -0.39 is 6.10 Å². The van der Waals surface area contributed by atoms with Gasteiger partial charge in [-0.15, -0.1) is 0 Å². The summed E-state index contributed by atoms with van der Waals surface area (Å²) in [4.78, 5) is 9.09. The maximum Gasteiger partial charge on any atom is 0.244 e. The second-order valence-corrected chi connectivity index (χ2v) is 7.75. The van der Waals surface area contributed by atoms with Crippen molar-refractivity contribution in [3.63, 3.8) is 0 Å². The Morgan fingerprint density at radius 2 is 1.77 bits per heavy atom. The molecule has 2 aromatic carbocycles. The minimum atomic E-state index is -0.613. The van der Waals surface area contributed by atoms with Gasteiger partial charge in [0, 0.05) is 38.3 Å². The maximum absolute atomic E-state index is 12.9. The minimum Gasteiger partial charge on any atom is -0.491 e. The average Bonchev–Trinajstić information content (AvgIpc) is 3.30. The van der Waals surface area contributed by atoms with Gasteiger partial charge in [-0.1, -0.05) is 35.5 Å².